The number of nitrogens with zero attached hydrogens (tertiary/aromatic N) is 1. The lowest BCUT2D eigenvalue weighted by Crippen LogP contribution is -2.35. The fraction of sp³-hybridized carbons (Fsp3) is 0.667. The summed E-state index contributed by atoms with van der Waals surface area (Å²) >= 11 is 0. The van der Waals surface area contributed by atoms with Gasteiger partial charge in [-0.3, -0.25) is 0 Å². The third-order valence-electron chi connectivity index (χ3n) is 2.96. The fourth-order valence-electron chi connectivity index (χ4n) is 2.73. The zero-order chi connectivity index (χ0) is 13.8. The standard InChI is InChI=1S/C15H26N2O/c1-11(2)8-15(18,9-12(3)4)10-13-5-6-17-14(16)7-13/h5-7,11-12,18H,8-10H2,1-4H3,(H2,16,17). The van der Waals surface area contributed by atoms with Gasteiger partial charge in [-0.2, -0.15) is 0 Å². The molecule has 0 saturated carbocycles. The number of aromatic nitrogens is 1. The van der Waals surface area contributed by atoms with E-state index in [0.29, 0.717) is 24.1 Å². The first-order valence-corrected chi connectivity index (χ1v) is 6.73. The number of hydrogen-bond acceptors (Lipinski definition) is 3. The first kappa shape index (κ1) is 15.0. The van der Waals surface area contributed by atoms with Crippen molar-refractivity contribution in [3.05, 3.63) is 23.9 Å². The molecule has 1 aromatic heterocycles. The van der Waals surface area contributed by atoms with Gasteiger partial charge in [0, 0.05) is 12.6 Å². The van der Waals surface area contributed by atoms with Crippen molar-refractivity contribution in [1.82, 2.24) is 4.98 Å². The molecule has 0 bridgehead atoms. The molecule has 1 aromatic rings. The van der Waals surface area contributed by atoms with Crippen LogP contribution in [-0.2, 0) is 6.42 Å². The number of pyridine rings is 1. The molecule has 0 fully saturated rings. The molecule has 0 aliphatic rings. The van der Waals surface area contributed by atoms with Crippen LogP contribution in [0.4, 0.5) is 5.82 Å². The summed E-state index contributed by atoms with van der Waals surface area (Å²) in [7, 11) is 0. The van der Waals surface area contributed by atoms with Crippen molar-refractivity contribution in [2.24, 2.45) is 11.8 Å². The first-order valence-electron chi connectivity index (χ1n) is 6.73. The summed E-state index contributed by atoms with van der Waals surface area (Å²) < 4.78 is 0. The molecule has 0 amide bonds. The molecule has 0 radical (unpaired) electrons. The zero-order valence-corrected chi connectivity index (χ0v) is 12.0. The van der Waals surface area contributed by atoms with Crippen LogP contribution in [0.5, 0.6) is 0 Å². The van der Waals surface area contributed by atoms with Gasteiger partial charge in [0.15, 0.2) is 0 Å². The summed E-state index contributed by atoms with van der Waals surface area (Å²) in [4.78, 5) is 3.99. The van der Waals surface area contributed by atoms with E-state index in [9.17, 15) is 5.11 Å². The Morgan fingerprint density at radius 3 is 2.22 bits per heavy atom. The van der Waals surface area contributed by atoms with E-state index in [4.69, 9.17) is 5.73 Å². The summed E-state index contributed by atoms with van der Waals surface area (Å²) in [6.45, 7) is 8.58. The highest BCUT2D eigenvalue weighted by atomic mass is 16.3. The second-order valence-corrected chi connectivity index (χ2v) is 6.19. The van der Waals surface area contributed by atoms with Crippen LogP contribution in [0.3, 0.4) is 0 Å². The van der Waals surface area contributed by atoms with Crippen LogP contribution in [0, 0.1) is 11.8 Å². The number of rotatable bonds is 6. The number of anilines is 1. The van der Waals surface area contributed by atoms with Gasteiger partial charge in [0.2, 0.25) is 0 Å². The van der Waals surface area contributed by atoms with Crippen LogP contribution in [0.25, 0.3) is 0 Å². The third-order valence-corrected chi connectivity index (χ3v) is 2.96. The maximum Gasteiger partial charge on any atom is 0.123 e. The van der Waals surface area contributed by atoms with Crippen molar-refractivity contribution in [2.75, 3.05) is 5.73 Å². The topological polar surface area (TPSA) is 59.1 Å². The van der Waals surface area contributed by atoms with E-state index in [0.717, 1.165) is 18.4 Å². The van der Waals surface area contributed by atoms with E-state index in [1.807, 2.05) is 12.1 Å². The lowest BCUT2D eigenvalue weighted by molar-refractivity contribution is 0.000750. The van der Waals surface area contributed by atoms with Crippen molar-refractivity contribution >= 4 is 5.82 Å². The average molecular weight is 250 g/mol. The van der Waals surface area contributed by atoms with Crippen LogP contribution >= 0.6 is 0 Å². The predicted octanol–water partition coefficient (Wildman–Crippen LogP) is 3.03. The molecule has 3 heteroatoms. The Balaban J connectivity index is 2.83. The number of hydrogen-bond donors (Lipinski definition) is 2. The minimum Gasteiger partial charge on any atom is -0.390 e. The van der Waals surface area contributed by atoms with E-state index in [-0.39, 0.29) is 0 Å². The van der Waals surface area contributed by atoms with E-state index in [1.165, 1.54) is 0 Å². The summed E-state index contributed by atoms with van der Waals surface area (Å²) in [6.07, 6.45) is 3.98. The molecule has 3 nitrogen and oxygen atoms in total. The first-order chi connectivity index (χ1) is 8.31. The Hall–Kier alpha value is -1.09. The van der Waals surface area contributed by atoms with Crippen LogP contribution < -0.4 is 5.73 Å². The molecule has 1 rings (SSSR count). The Kier molecular flexibility index (Phi) is 5.15. The molecule has 0 aromatic carbocycles. The minimum atomic E-state index is -0.643. The van der Waals surface area contributed by atoms with Crippen molar-refractivity contribution in [3.63, 3.8) is 0 Å². The summed E-state index contributed by atoms with van der Waals surface area (Å²) in [5, 5.41) is 10.8. The number of nitrogen functional groups attached to an aromatic ring is 1. The van der Waals surface area contributed by atoms with E-state index < -0.39 is 5.60 Å². The quantitative estimate of drug-likeness (QED) is 0.816. The third kappa shape index (κ3) is 5.05. The molecule has 18 heavy (non-hydrogen) atoms. The second kappa shape index (κ2) is 6.19. The van der Waals surface area contributed by atoms with Gasteiger partial charge in [-0.25, -0.2) is 4.98 Å². The molecule has 0 spiro atoms. The second-order valence-electron chi connectivity index (χ2n) is 6.19. The van der Waals surface area contributed by atoms with Crippen LogP contribution in [0.2, 0.25) is 0 Å². The van der Waals surface area contributed by atoms with Crippen molar-refractivity contribution in [2.45, 2.75) is 52.6 Å². The van der Waals surface area contributed by atoms with Gasteiger partial charge < -0.3 is 10.8 Å². The maximum absolute atomic E-state index is 10.8. The van der Waals surface area contributed by atoms with Gasteiger partial charge >= 0.3 is 0 Å². The molecule has 1 heterocycles. The van der Waals surface area contributed by atoms with Crippen LogP contribution in [0.1, 0.15) is 46.1 Å². The molecule has 0 unspecified atom stereocenters. The summed E-state index contributed by atoms with van der Waals surface area (Å²) in [5.74, 6) is 1.48. The molecule has 102 valence electrons. The molecule has 0 atom stereocenters. The SMILES string of the molecule is CC(C)CC(O)(Cc1ccnc(N)c1)CC(C)C. The highest BCUT2D eigenvalue weighted by molar-refractivity contribution is 5.32. The Labute approximate surface area is 110 Å². The molecule has 3 N–H and O–H groups in total. The molecule has 0 aliphatic carbocycles. The van der Waals surface area contributed by atoms with Crippen LogP contribution in [-0.4, -0.2) is 15.7 Å². The molecule has 0 saturated heterocycles. The normalized spacial score (nSPS) is 12.4. The maximum atomic E-state index is 10.8. The highest BCUT2D eigenvalue weighted by Crippen LogP contribution is 2.28. The summed E-state index contributed by atoms with van der Waals surface area (Å²) in [6, 6.07) is 3.79. The van der Waals surface area contributed by atoms with E-state index in [2.05, 4.69) is 32.7 Å². The molecule has 0 aliphatic heterocycles. The average Bonchev–Trinajstić information content (AvgIpc) is 2.13. The Morgan fingerprint density at radius 2 is 1.78 bits per heavy atom. The van der Waals surface area contributed by atoms with Crippen LogP contribution in [0.15, 0.2) is 18.3 Å². The van der Waals surface area contributed by atoms with Gasteiger partial charge in [-0.1, -0.05) is 27.7 Å². The largest absolute Gasteiger partial charge is 0.390 e. The van der Waals surface area contributed by atoms with Gasteiger partial charge in [0.05, 0.1) is 5.60 Å². The lowest BCUT2D eigenvalue weighted by Gasteiger charge is -2.32. The van der Waals surface area contributed by atoms with E-state index >= 15 is 0 Å². The minimum absolute atomic E-state index is 0.480. The highest BCUT2D eigenvalue weighted by Gasteiger charge is 2.29. The zero-order valence-electron chi connectivity index (χ0n) is 12.0. The lowest BCUT2D eigenvalue weighted by atomic mass is 9.81. The van der Waals surface area contributed by atoms with Gasteiger partial charge in [0.1, 0.15) is 5.82 Å². The monoisotopic (exact) mass is 250 g/mol. The molecular weight excluding hydrogens is 224 g/mol. The summed E-state index contributed by atoms with van der Waals surface area (Å²) in [5.41, 5.74) is 6.11. The van der Waals surface area contributed by atoms with Crippen molar-refractivity contribution in [1.29, 1.82) is 0 Å². The smallest absolute Gasteiger partial charge is 0.123 e. The van der Waals surface area contributed by atoms with Crippen molar-refractivity contribution < 1.29 is 5.11 Å². The van der Waals surface area contributed by atoms with Crippen molar-refractivity contribution in [3.8, 4) is 0 Å². The molecular formula is C15H26N2O. The Morgan fingerprint density at radius 1 is 1.22 bits per heavy atom. The predicted molar refractivity (Wildman–Crippen MR) is 76.2 cm³/mol. The Bertz CT molecular complexity index is 365. The fourth-order valence-corrected chi connectivity index (χ4v) is 2.73. The van der Waals surface area contributed by atoms with Gasteiger partial charge in [-0.05, 0) is 42.4 Å². The van der Waals surface area contributed by atoms with E-state index in [1.54, 1.807) is 6.20 Å². The van der Waals surface area contributed by atoms with Gasteiger partial charge in [-0.15, -0.1) is 0 Å². The number of nitrogens with two attached hydrogens (primary N) is 1. The number of aliphatic hydroxyl groups is 1. The van der Waals surface area contributed by atoms with Gasteiger partial charge in [0.25, 0.3) is 0 Å².